The smallest absolute Gasteiger partial charge is 0.141 e. The molecule has 0 spiro atoms. The highest BCUT2D eigenvalue weighted by molar-refractivity contribution is 6.06. The first-order valence-corrected chi connectivity index (χ1v) is 9.82. The maximum Gasteiger partial charge on any atom is 0.141 e. The molecule has 2 aromatic carbocycles. The second kappa shape index (κ2) is 7.76. The predicted octanol–water partition coefficient (Wildman–Crippen LogP) is 5.25. The van der Waals surface area contributed by atoms with Gasteiger partial charge in [-0.2, -0.15) is 0 Å². The molecule has 5 rings (SSSR count). The van der Waals surface area contributed by atoms with Gasteiger partial charge in [-0.1, -0.05) is 36.4 Å². The van der Waals surface area contributed by atoms with Crippen LogP contribution < -0.4 is 4.74 Å². The fraction of sp³-hybridized carbons (Fsp3) is 0.120. The summed E-state index contributed by atoms with van der Waals surface area (Å²) < 4.78 is 8.16. The summed E-state index contributed by atoms with van der Waals surface area (Å²) in [4.78, 5) is 8.96. The summed E-state index contributed by atoms with van der Waals surface area (Å²) in [5, 5.41) is 2.43. The molecule has 29 heavy (non-hydrogen) atoms. The second-order valence-electron chi connectivity index (χ2n) is 7.04. The Morgan fingerprint density at radius 3 is 2.38 bits per heavy atom. The number of aromatic nitrogens is 3. The summed E-state index contributed by atoms with van der Waals surface area (Å²) in [5.41, 5.74) is 4.49. The molecule has 0 saturated heterocycles. The molecule has 4 heteroatoms. The van der Waals surface area contributed by atoms with Crippen molar-refractivity contribution in [2.24, 2.45) is 0 Å². The van der Waals surface area contributed by atoms with E-state index in [4.69, 9.17) is 4.74 Å². The number of nitrogens with zero attached hydrogens (tertiary/aromatic N) is 3. The lowest BCUT2D eigenvalue weighted by molar-refractivity contribution is 0.320. The van der Waals surface area contributed by atoms with Gasteiger partial charge in [0.05, 0.1) is 12.1 Å². The summed E-state index contributed by atoms with van der Waals surface area (Å²) in [5.74, 6) is 0.880. The van der Waals surface area contributed by atoms with Gasteiger partial charge in [0.1, 0.15) is 11.4 Å². The third-order valence-electron chi connectivity index (χ3n) is 5.14. The van der Waals surface area contributed by atoms with Gasteiger partial charge in [0.2, 0.25) is 0 Å². The fourth-order valence-electron chi connectivity index (χ4n) is 3.73. The van der Waals surface area contributed by atoms with Crippen LogP contribution in [0.4, 0.5) is 0 Å². The van der Waals surface area contributed by atoms with Gasteiger partial charge < -0.3 is 9.30 Å². The van der Waals surface area contributed by atoms with Gasteiger partial charge in [-0.15, -0.1) is 0 Å². The van der Waals surface area contributed by atoms with E-state index in [9.17, 15) is 0 Å². The number of ether oxygens (including phenoxy) is 1. The van der Waals surface area contributed by atoms with Crippen LogP contribution in [0.3, 0.4) is 0 Å². The lowest BCUT2D eigenvalue weighted by atomic mass is 10.2. The van der Waals surface area contributed by atoms with Crippen molar-refractivity contribution in [3.05, 3.63) is 103 Å². The molecule has 0 aliphatic heterocycles. The molecule has 0 N–H and O–H groups in total. The van der Waals surface area contributed by atoms with Crippen molar-refractivity contribution >= 4 is 21.9 Å². The van der Waals surface area contributed by atoms with Crippen molar-refractivity contribution in [1.82, 2.24) is 14.5 Å². The van der Waals surface area contributed by atoms with E-state index >= 15 is 0 Å². The SMILES string of the molecule is c1ccc(CCOc2ccc(Cn3c4ccccc4c4cccnc43)cc2)nc1. The van der Waals surface area contributed by atoms with E-state index in [0.29, 0.717) is 6.61 Å². The summed E-state index contributed by atoms with van der Waals surface area (Å²) in [6.07, 6.45) is 4.47. The van der Waals surface area contributed by atoms with Gasteiger partial charge in [0.15, 0.2) is 0 Å². The normalized spacial score (nSPS) is 11.2. The van der Waals surface area contributed by atoms with Crippen LogP contribution in [0.1, 0.15) is 11.3 Å². The van der Waals surface area contributed by atoms with E-state index in [0.717, 1.165) is 30.1 Å². The Kier molecular flexibility index (Phi) is 4.67. The summed E-state index contributed by atoms with van der Waals surface area (Å²) in [7, 11) is 0. The molecule has 3 aromatic heterocycles. The topological polar surface area (TPSA) is 39.9 Å². The first kappa shape index (κ1) is 17.4. The highest BCUT2D eigenvalue weighted by Gasteiger charge is 2.11. The number of rotatable bonds is 6. The average molecular weight is 379 g/mol. The van der Waals surface area contributed by atoms with E-state index in [1.165, 1.54) is 21.9 Å². The Morgan fingerprint density at radius 2 is 1.52 bits per heavy atom. The Hall–Kier alpha value is -3.66. The van der Waals surface area contributed by atoms with Gasteiger partial charge in [-0.3, -0.25) is 4.98 Å². The fourth-order valence-corrected chi connectivity index (χ4v) is 3.73. The van der Waals surface area contributed by atoms with E-state index in [-0.39, 0.29) is 0 Å². The molecular formula is C25H21N3O. The molecule has 3 heterocycles. The molecular weight excluding hydrogens is 358 g/mol. The summed E-state index contributed by atoms with van der Waals surface area (Å²) >= 11 is 0. The van der Waals surface area contributed by atoms with Gasteiger partial charge >= 0.3 is 0 Å². The quantitative estimate of drug-likeness (QED) is 0.404. The van der Waals surface area contributed by atoms with Crippen LogP contribution in [-0.2, 0) is 13.0 Å². The maximum absolute atomic E-state index is 5.88. The molecule has 5 aromatic rings. The Labute approximate surface area is 169 Å². The largest absolute Gasteiger partial charge is 0.493 e. The van der Waals surface area contributed by atoms with Crippen molar-refractivity contribution in [2.45, 2.75) is 13.0 Å². The van der Waals surface area contributed by atoms with Gasteiger partial charge in [0.25, 0.3) is 0 Å². The monoisotopic (exact) mass is 379 g/mol. The number of para-hydroxylation sites is 1. The molecule has 0 amide bonds. The lowest BCUT2D eigenvalue weighted by Crippen LogP contribution is -2.03. The first-order valence-electron chi connectivity index (χ1n) is 9.82. The van der Waals surface area contributed by atoms with E-state index in [1.807, 2.05) is 48.8 Å². The third kappa shape index (κ3) is 3.57. The van der Waals surface area contributed by atoms with Crippen LogP contribution in [0.2, 0.25) is 0 Å². The molecule has 0 unspecified atom stereocenters. The van der Waals surface area contributed by atoms with Gasteiger partial charge in [-0.05, 0) is 48.0 Å². The maximum atomic E-state index is 5.88. The van der Waals surface area contributed by atoms with Gasteiger partial charge in [-0.25, -0.2) is 4.98 Å². The van der Waals surface area contributed by atoms with E-state index in [1.54, 1.807) is 0 Å². The molecule has 0 radical (unpaired) electrons. The molecule has 0 saturated carbocycles. The van der Waals surface area contributed by atoms with Gasteiger partial charge in [0, 0.05) is 41.8 Å². The highest BCUT2D eigenvalue weighted by atomic mass is 16.5. The lowest BCUT2D eigenvalue weighted by Gasteiger charge is -2.09. The minimum Gasteiger partial charge on any atom is -0.493 e. The zero-order valence-electron chi connectivity index (χ0n) is 16.0. The Bertz CT molecular complexity index is 1190. The summed E-state index contributed by atoms with van der Waals surface area (Å²) in [6.45, 7) is 1.39. The van der Waals surface area contributed by atoms with Crippen LogP contribution in [0.5, 0.6) is 5.75 Å². The van der Waals surface area contributed by atoms with Crippen LogP contribution >= 0.6 is 0 Å². The zero-order valence-corrected chi connectivity index (χ0v) is 16.0. The minimum atomic E-state index is 0.618. The number of fused-ring (bicyclic) bond motifs is 3. The van der Waals surface area contributed by atoms with Crippen molar-refractivity contribution in [3.8, 4) is 5.75 Å². The Balaban J connectivity index is 1.33. The van der Waals surface area contributed by atoms with Crippen molar-refractivity contribution in [3.63, 3.8) is 0 Å². The van der Waals surface area contributed by atoms with Crippen LogP contribution in [0.15, 0.2) is 91.3 Å². The number of pyridine rings is 2. The number of hydrogen-bond donors (Lipinski definition) is 0. The summed E-state index contributed by atoms with van der Waals surface area (Å²) in [6, 6.07) is 26.9. The Morgan fingerprint density at radius 1 is 0.724 bits per heavy atom. The van der Waals surface area contributed by atoms with Crippen LogP contribution in [0.25, 0.3) is 21.9 Å². The van der Waals surface area contributed by atoms with Crippen LogP contribution in [0, 0.1) is 0 Å². The standard InChI is InChI=1S/C25H21N3O/c1-2-9-24-22(7-1)23-8-5-16-27-25(23)28(24)18-19-10-12-21(13-11-19)29-17-14-20-6-3-4-15-26-20/h1-13,15-16H,14,17-18H2. The van der Waals surface area contributed by atoms with Crippen molar-refractivity contribution < 1.29 is 4.74 Å². The number of hydrogen-bond acceptors (Lipinski definition) is 3. The zero-order chi connectivity index (χ0) is 19.5. The molecule has 0 bridgehead atoms. The minimum absolute atomic E-state index is 0.618. The molecule has 0 atom stereocenters. The van der Waals surface area contributed by atoms with Crippen molar-refractivity contribution in [1.29, 1.82) is 0 Å². The molecule has 0 fully saturated rings. The predicted molar refractivity (Wildman–Crippen MR) is 116 cm³/mol. The van der Waals surface area contributed by atoms with Crippen molar-refractivity contribution in [2.75, 3.05) is 6.61 Å². The molecule has 4 nitrogen and oxygen atoms in total. The first-order chi connectivity index (χ1) is 14.4. The molecule has 0 aliphatic carbocycles. The van der Waals surface area contributed by atoms with Crippen LogP contribution in [-0.4, -0.2) is 21.1 Å². The van der Waals surface area contributed by atoms with E-state index < -0.39 is 0 Å². The highest BCUT2D eigenvalue weighted by Crippen LogP contribution is 2.28. The molecule has 142 valence electrons. The number of benzene rings is 2. The van der Waals surface area contributed by atoms with E-state index in [2.05, 4.69) is 57.0 Å². The average Bonchev–Trinajstić information content (AvgIpc) is 3.10. The molecule has 0 aliphatic rings. The second-order valence-corrected chi connectivity index (χ2v) is 7.04. The third-order valence-corrected chi connectivity index (χ3v) is 5.14.